The zero-order valence-corrected chi connectivity index (χ0v) is 19.3. The second kappa shape index (κ2) is 11.4. The number of nitrogens with zero attached hydrogens (tertiary/aromatic N) is 1. The van der Waals surface area contributed by atoms with Gasteiger partial charge < -0.3 is 10.1 Å². The molecule has 0 bridgehead atoms. The Kier molecular flexibility index (Phi) is 7.66. The van der Waals surface area contributed by atoms with Gasteiger partial charge >= 0.3 is 0 Å². The summed E-state index contributed by atoms with van der Waals surface area (Å²) in [6.45, 7) is 2.37. The Morgan fingerprint density at radius 2 is 1.54 bits per heavy atom. The van der Waals surface area contributed by atoms with Crippen molar-refractivity contribution in [3.63, 3.8) is 0 Å². The Labute approximate surface area is 204 Å². The Hall–Kier alpha value is -4.71. The number of nitrogens with one attached hydrogen (secondary N) is 2. The number of carbonyl (C=O) groups is 2. The number of anilines is 1. The van der Waals surface area contributed by atoms with Crippen LogP contribution < -0.4 is 15.5 Å². The first-order chi connectivity index (χ1) is 17.1. The lowest BCUT2D eigenvalue weighted by Gasteiger charge is -2.09. The highest BCUT2D eigenvalue weighted by Gasteiger charge is 2.08. The fraction of sp³-hybridized carbons (Fsp3) is 0.0690. The highest BCUT2D eigenvalue weighted by atomic mass is 16.5. The molecule has 2 N–H and O–H groups in total. The van der Waals surface area contributed by atoms with Gasteiger partial charge in [-0.2, -0.15) is 5.10 Å². The van der Waals surface area contributed by atoms with E-state index < -0.39 is 0 Å². The molecule has 0 aliphatic heterocycles. The van der Waals surface area contributed by atoms with Crippen molar-refractivity contribution < 1.29 is 14.3 Å². The Bertz CT molecular complexity index is 1330. The van der Waals surface area contributed by atoms with Crippen molar-refractivity contribution in [2.24, 2.45) is 5.10 Å². The molecule has 0 unspecified atom stereocenters. The predicted molar refractivity (Wildman–Crippen MR) is 138 cm³/mol. The van der Waals surface area contributed by atoms with E-state index in [-0.39, 0.29) is 11.8 Å². The maximum absolute atomic E-state index is 12.5. The topological polar surface area (TPSA) is 79.8 Å². The summed E-state index contributed by atoms with van der Waals surface area (Å²) in [7, 11) is 0. The average molecular weight is 464 g/mol. The lowest BCUT2D eigenvalue weighted by Crippen LogP contribution is -2.18. The van der Waals surface area contributed by atoms with Gasteiger partial charge in [0.15, 0.2) is 0 Å². The minimum absolute atomic E-state index is 0.205. The van der Waals surface area contributed by atoms with Crippen molar-refractivity contribution in [2.45, 2.75) is 13.5 Å². The molecule has 174 valence electrons. The normalized spacial score (nSPS) is 10.7. The van der Waals surface area contributed by atoms with Crippen molar-refractivity contribution in [3.8, 4) is 5.75 Å². The molecule has 4 rings (SSSR count). The molecular weight excluding hydrogens is 438 g/mol. The lowest BCUT2D eigenvalue weighted by atomic mass is 10.1. The first-order valence-corrected chi connectivity index (χ1v) is 11.2. The number of para-hydroxylation sites is 1. The molecule has 2 amide bonds. The SMILES string of the molecule is Cc1cccc(C(=O)Nc2ccc(C(=O)N/N=C/c3ccccc3OCc3ccccc3)cc2)c1. The third-order valence-corrected chi connectivity index (χ3v) is 5.21. The van der Waals surface area contributed by atoms with Crippen LogP contribution in [-0.4, -0.2) is 18.0 Å². The van der Waals surface area contributed by atoms with E-state index in [4.69, 9.17) is 4.74 Å². The van der Waals surface area contributed by atoms with Crippen LogP contribution in [0.4, 0.5) is 5.69 Å². The van der Waals surface area contributed by atoms with Gasteiger partial charge in [-0.3, -0.25) is 9.59 Å². The van der Waals surface area contributed by atoms with Crippen molar-refractivity contribution in [3.05, 3.63) is 131 Å². The number of benzene rings is 4. The number of ether oxygens (including phenoxy) is 1. The molecule has 0 saturated carbocycles. The fourth-order valence-electron chi connectivity index (χ4n) is 3.37. The minimum atomic E-state index is -0.361. The standard InChI is InChI=1S/C29H25N3O3/c1-21-8-7-12-24(18-21)28(33)31-26-16-14-23(15-17-26)29(34)32-30-19-25-11-5-6-13-27(25)35-20-22-9-3-2-4-10-22/h2-19H,20H2,1H3,(H,31,33)(H,32,34)/b30-19+. The second-order valence-corrected chi connectivity index (χ2v) is 7.91. The van der Waals surface area contributed by atoms with Crippen LogP contribution in [-0.2, 0) is 6.61 Å². The molecule has 6 heteroatoms. The average Bonchev–Trinajstić information content (AvgIpc) is 2.89. The van der Waals surface area contributed by atoms with E-state index in [2.05, 4.69) is 15.8 Å². The summed E-state index contributed by atoms with van der Waals surface area (Å²) in [5.74, 6) is 0.104. The largest absolute Gasteiger partial charge is 0.488 e. The Morgan fingerprint density at radius 1 is 0.800 bits per heavy atom. The monoisotopic (exact) mass is 463 g/mol. The third-order valence-electron chi connectivity index (χ3n) is 5.21. The van der Waals surface area contributed by atoms with Gasteiger partial charge in [0.25, 0.3) is 11.8 Å². The summed E-state index contributed by atoms with van der Waals surface area (Å²) in [5.41, 5.74) is 6.94. The Balaban J connectivity index is 1.33. The van der Waals surface area contributed by atoms with Gasteiger partial charge in [-0.15, -0.1) is 0 Å². The van der Waals surface area contributed by atoms with Crippen molar-refractivity contribution in [2.75, 3.05) is 5.32 Å². The van der Waals surface area contributed by atoms with Crippen LogP contribution in [0.3, 0.4) is 0 Å². The number of carbonyl (C=O) groups excluding carboxylic acids is 2. The van der Waals surface area contributed by atoms with Crippen LogP contribution in [0.15, 0.2) is 108 Å². The number of hydrogen-bond acceptors (Lipinski definition) is 4. The first kappa shape index (κ1) is 23.4. The molecule has 0 aliphatic carbocycles. The smallest absolute Gasteiger partial charge is 0.271 e. The zero-order valence-electron chi connectivity index (χ0n) is 19.3. The van der Waals surface area contributed by atoms with Gasteiger partial charge in [-0.05, 0) is 61.0 Å². The van der Waals surface area contributed by atoms with Crippen molar-refractivity contribution >= 4 is 23.7 Å². The summed E-state index contributed by atoms with van der Waals surface area (Å²) >= 11 is 0. The van der Waals surface area contributed by atoms with E-state index in [1.807, 2.05) is 79.7 Å². The summed E-state index contributed by atoms with van der Waals surface area (Å²) in [5, 5.41) is 6.91. The Morgan fingerprint density at radius 3 is 2.31 bits per heavy atom. The van der Waals surface area contributed by atoms with Gasteiger partial charge in [-0.25, -0.2) is 5.43 Å². The van der Waals surface area contributed by atoms with Crippen LogP contribution in [0.5, 0.6) is 5.75 Å². The summed E-state index contributed by atoms with van der Waals surface area (Å²) in [6.07, 6.45) is 1.55. The highest BCUT2D eigenvalue weighted by molar-refractivity contribution is 6.04. The molecule has 4 aromatic rings. The van der Waals surface area contributed by atoms with Gasteiger partial charge in [0.05, 0.1) is 6.21 Å². The highest BCUT2D eigenvalue weighted by Crippen LogP contribution is 2.18. The number of aryl methyl sites for hydroxylation is 1. The molecule has 0 aliphatic rings. The summed E-state index contributed by atoms with van der Waals surface area (Å²) < 4.78 is 5.91. The number of hydrogen-bond donors (Lipinski definition) is 2. The quantitative estimate of drug-likeness (QED) is 0.264. The van der Waals surface area contributed by atoms with Crippen molar-refractivity contribution in [1.82, 2.24) is 5.43 Å². The number of hydrazone groups is 1. The molecule has 0 fully saturated rings. The van der Waals surface area contributed by atoms with Gasteiger partial charge in [-0.1, -0.05) is 60.2 Å². The van der Waals surface area contributed by atoms with E-state index >= 15 is 0 Å². The number of rotatable bonds is 8. The maximum atomic E-state index is 12.5. The lowest BCUT2D eigenvalue weighted by molar-refractivity contribution is 0.0954. The van der Waals surface area contributed by atoms with Gasteiger partial charge in [0, 0.05) is 22.4 Å². The van der Waals surface area contributed by atoms with E-state index in [0.29, 0.717) is 29.2 Å². The minimum Gasteiger partial charge on any atom is -0.488 e. The van der Waals surface area contributed by atoms with E-state index in [1.165, 1.54) is 0 Å². The molecule has 35 heavy (non-hydrogen) atoms. The summed E-state index contributed by atoms with van der Waals surface area (Å²) in [4.78, 5) is 24.9. The second-order valence-electron chi connectivity index (χ2n) is 7.91. The number of amides is 2. The molecule has 0 aromatic heterocycles. The molecule has 0 saturated heterocycles. The predicted octanol–water partition coefficient (Wildman–Crippen LogP) is 5.59. The third kappa shape index (κ3) is 6.65. The zero-order chi connectivity index (χ0) is 24.5. The van der Waals surface area contributed by atoms with Crippen molar-refractivity contribution in [1.29, 1.82) is 0 Å². The molecule has 4 aromatic carbocycles. The van der Waals surface area contributed by atoms with Crippen LogP contribution >= 0.6 is 0 Å². The van der Waals surface area contributed by atoms with E-state index in [1.54, 1.807) is 36.5 Å². The molecule has 0 radical (unpaired) electrons. The van der Waals surface area contributed by atoms with E-state index in [0.717, 1.165) is 16.7 Å². The van der Waals surface area contributed by atoms with Crippen LogP contribution in [0.2, 0.25) is 0 Å². The van der Waals surface area contributed by atoms with Gasteiger partial charge in [0.1, 0.15) is 12.4 Å². The van der Waals surface area contributed by atoms with E-state index in [9.17, 15) is 9.59 Å². The van der Waals surface area contributed by atoms with Crippen LogP contribution in [0, 0.1) is 6.92 Å². The molecule has 0 atom stereocenters. The molecule has 6 nitrogen and oxygen atoms in total. The molecule has 0 spiro atoms. The van der Waals surface area contributed by atoms with Crippen LogP contribution in [0.1, 0.15) is 37.4 Å². The molecular formula is C29H25N3O3. The van der Waals surface area contributed by atoms with Crippen LogP contribution in [0.25, 0.3) is 0 Å². The molecule has 0 heterocycles. The summed E-state index contributed by atoms with van der Waals surface area (Å²) in [6, 6.07) is 31.3. The fourth-order valence-corrected chi connectivity index (χ4v) is 3.37. The van der Waals surface area contributed by atoms with Gasteiger partial charge in [0.2, 0.25) is 0 Å². The maximum Gasteiger partial charge on any atom is 0.271 e. The first-order valence-electron chi connectivity index (χ1n) is 11.2.